The number of hydrogen-bond acceptors (Lipinski definition) is 2. The number of anilines is 1. The Labute approximate surface area is 110 Å². The second-order valence-corrected chi connectivity index (χ2v) is 4.51. The van der Waals surface area contributed by atoms with Gasteiger partial charge in [-0.1, -0.05) is 41.4 Å². The standard InChI is InChI=1S/C13H11Cl2NO/c14-10-5-11(15)7-12(6-10)16-8-9-3-1-2-4-13(9)17/h1-7,16-17H,8H2. The molecule has 2 aromatic carbocycles. The molecule has 0 bridgehead atoms. The molecule has 0 fully saturated rings. The normalized spacial score (nSPS) is 10.2. The molecule has 0 amide bonds. The lowest BCUT2D eigenvalue weighted by atomic mass is 10.2. The van der Waals surface area contributed by atoms with Crippen molar-refractivity contribution in [3.63, 3.8) is 0 Å². The summed E-state index contributed by atoms with van der Waals surface area (Å²) in [6.07, 6.45) is 0. The number of phenolic OH excluding ortho intramolecular Hbond substituents is 1. The highest BCUT2D eigenvalue weighted by Crippen LogP contribution is 2.24. The molecule has 4 heteroatoms. The highest BCUT2D eigenvalue weighted by Gasteiger charge is 2.01. The molecule has 2 aromatic rings. The molecule has 0 aliphatic rings. The van der Waals surface area contributed by atoms with Gasteiger partial charge in [-0.05, 0) is 24.3 Å². The topological polar surface area (TPSA) is 32.3 Å². The average Bonchev–Trinajstić information content (AvgIpc) is 2.27. The van der Waals surface area contributed by atoms with E-state index in [-0.39, 0.29) is 5.75 Å². The van der Waals surface area contributed by atoms with Crippen molar-refractivity contribution >= 4 is 28.9 Å². The monoisotopic (exact) mass is 267 g/mol. The fourth-order valence-electron chi connectivity index (χ4n) is 1.51. The molecule has 2 rings (SSSR count). The maximum absolute atomic E-state index is 9.61. The Balaban J connectivity index is 2.10. The van der Waals surface area contributed by atoms with Gasteiger partial charge < -0.3 is 10.4 Å². The van der Waals surface area contributed by atoms with Crippen LogP contribution in [0.1, 0.15) is 5.56 Å². The molecule has 0 aliphatic heterocycles. The molecule has 88 valence electrons. The lowest BCUT2D eigenvalue weighted by molar-refractivity contribution is 0.469. The number of aromatic hydroxyl groups is 1. The minimum Gasteiger partial charge on any atom is -0.508 e. The summed E-state index contributed by atoms with van der Waals surface area (Å²) in [5.74, 6) is 0.271. The quantitative estimate of drug-likeness (QED) is 0.869. The van der Waals surface area contributed by atoms with Crippen molar-refractivity contribution in [3.8, 4) is 5.75 Å². The van der Waals surface area contributed by atoms with Gasteiger partial charge in [-0.3, -0.25) is 0 Å². The van der Waals surface area contributed by atoms with E-state index in [1.165, 1.54) is 0 Å². The zero-order valence-electron chi connectivity index (χ0n) is 8.95. The van der Waals surface area contributed by atoms with Gasteiger partial charge in [0.15, 0.2) is 0 Å². The molecular weight excluding hydrogens is 257 g/mol. The summed E-state index contributed by atoms with van der Waals surface area (Å²) in [7, 11) is 0. The second-order valence-electron chi connectivity index (χ2n) is 3.64. The van der Waals surface area contributed by atoms with E-state index in [0.29, 0.717) is 16.6 Å². The van der Waals surface area contributed by atoms with Gasteiger partial charge in [-0.2, -0.15) is 0 Å². The minimum atomic E-state index is 0.271. The lowest BCUT2D eigenvalue weighted by Crippen LogP contribution is -1.99. The van der Waals surface area contributed by atoms with Crippen LogP contribution >= 0.6 is 23.2 Å². The first-order chi connectivity index (χ1) is 8.15. The van der Waals surface area contributed by atoms with Crippen LogP contribution in [-0.2, 0) is 6.54 Å². The number of phenols is 1. The van der Waals surface area contributed by atoms with Crippen LogP contribution in [0, 0.1) is 0 Å². The summed E-state index contributed by atoms with van der Waals surface area (Å²) >= 11 is 11.8. The van der Waals surface area contributed by atoms with Gasteiger partial charge in [0, 0.05) is 27.8 Å². The van der Waals surface area contributed by atoms with Gasteiger partial charge in [0.25, 0.3) is 0 Å². The predicted octanol–water partition coefficient (Wildman–Crippen LogP) is 4.31. The summed E-state index contributed by atoms with van der Waals surface area (Å²) in [4.78, 5) is 0. The molecule has 0 spiro atoms. The number of rotatable bonds is 3. The number of para-hydroxylation sites is 1. The van der Waals surface area contributed by atoms with Gasteiger partial charge in [0.2, 0.25) is 0 Å². The van der Waals surface area contributed by atoms with Gasteiger partial charge >= 0.3 is 0 Å². The van der Waals surface area contributed by atoms with Crippen LogP contribution in [0.3, 0.4) is 0 Å². The largest absolute Gasteiger partial charge is 0.508 e. The zero-order chi connectivity index (χ0) is 12.3. The fraction of sp³-hybridized carbons (Fsp3) is 0.0769. The molecule has 0 unspecified atom stereocenters. The van der Waals surface area contributed by atoms with E-state index >= 15 is 0 Å². The summed E-state index contributed by atoms with van der Waals surface area (Å²) in [5, 5.41) is 13.9. The highest BCUT2D eigenvalue weighted by molar-refractivity contribution is 6.35. The Kier molecular flexibility index (Phi) is 3.77. The van der Waals surface area contributed by atoms with E-state index in [4.69, 9.17) is 23.2 Å². The molecule has 0 saturated carbocycles. The molecule has 0 saturated heterocycles. The van der Waals surface area contributed by atoms with E-state index in [9.17, 15) is 5.11 Å². The molecule has 0 heterocycles. The zero-order valence-corrected chi connectivity index (χ0v) is 10.5. The maximum Gasteiger partial charge on any atom is 0.120 e. The van der Waals surface area contributed by atoms with E-state index < -0.39 is 0 Å². The predicted molar refractivity (Wildman–Crippen MR) is 71.9 cm³/mol. The second kappa shape index (κ2) is 5.30. The van der Waals surface area contributed by atoms with Crippen LogP contribution < -0.4 is 5.32 Å². The Hall–Kier alpha value is -1.38. The fourth-order valence-corrected chi connectivity index (χ4v) is 2.04. The van der Waals surface area contributed by atoms with Crippen molar-refractivity contribution in [2.24, 2.45) is 0 Å². The van der Waals surface area contributed by atoms with Crippen molar-refractivity contribution in [2.45, 2.75) is 6.54 Å². The third-order valence-corrected chi connectivity index (χ3v) is 2.77. The van der Waals surface area contributed by atoms with Gasteiger partial charge in [0.1, 0.15) is 5.75 Å². The molecule has 2 N–H and O–H groups in total. The lowest BCUT2D eigenvalue weighted by Gasteiger charge is -2.08. The smallest absolute Gasteiger partial charge is 0.120 e. The van der Waals surface area contributed by atoms with E-state index in [0.717, 1.165) is 11.3 Å². The number of benzene rings is 2. The van der Waals surface area contributed by atoms with Crippen LogP contribution in [-0.4, -0.2) is 5.11 Å². The molecule has 17 heavy (non-hydrogen) atoms. The Bertz CT molecular complexity index is 508. The first-order valence-corrected chi connectivity index (χ1v) is 5.87. The summed E-state index contributed by atoms with van der Waals surface area (Å²) in [5.41, 5.74) is 1.65. The first kappa shape index (κ1) is 12.1. The molecule has 2 nitrogen and oxygen atoms in total. The van der Waals surface area contributed by atoms with Crippen molar-refractivity contribution < 1.29 is 5.11 Å². The first-order valence-electron chi connectivity index (χ1n) is 5.12. The Morgan fingerprint density at radius 2 is 1.65 bits per heavy atom. The minimum absolute atomic E-state index is 0.271. The average molecular weight is 268 g/mol. The van der Waals surface area contributed by atoms with Crippen LogP contribution in [0.2, 0.25) is 10.0 Å². The van der Waals surface area contributed by atoms with Crippen molar-refractivity contribution in [3.05, 3.63) is 58.1 Å². The van der Waals surface area contributed by atoms with Gasteiger partial charge in [-0.25, -0.2) is 0 Å². The SMILES string of the molecule is Oc1ccccc1CNc1cc(Cl)cc(Cl)c1. The van der Waals surface area contributed by atoms with E-state index in [1.54, 1.807) is 30.3 Å². The van der Waals surface area contributed by atoms with E-state index in [2.05, 4.69) is 5.32 Å². The maximum atomic E-state index is 9.61. The molecule has 0 radical (unpaired) electrons. The van der Waals surface area contributed by atoms with Crippen LogP contribution in [0.15, 0.2) is 42.5 Å². The van der Waals surface area contributed by atoms with Crippen LogP contribution in [0.4, 0.5) is 5.69 Å². The third kappa shape index (κ3) is 3.29. The number of hydrogen-bond donors (Lipinski definition) is 2. The van der Waals surface area contributed by atoms with Crippen molar-refractivity contribution in [1.82, 2.24) is 0 Å². The van der Waals surface area contributed by atoms with E-state index in [1.807, 2.05) is 12.1 Å². The summed E-state index contributed by atoms with van der Waals surface area (Å²) in [6, 6.07) is 12.4. The summed E-state index contributed by atoms with van der Waals surface area (Å²) < 4.78 is 0. The molecule has 0 aliphatic carbocycles. The highest BCUT2D eigenvalue weighted by atomic mass is 35.5. The molecule has 0 atom stereocenters. The Morgan fingerprint density at radius 3 is 2.29 bits per heavy atom. The van der Waals surface area contributed by atoms with Crippen LogP contribution in [0.5, 0.6) is 5.75 Å². The summed E-state index contributed by atoms with van der Waals surface area (Å²) in [6.45, 7) is 0.517. The van der Waals surface area contributed by atoms with Crippen molar-refractivity contribution in [2.75, 3.05) is 5.32 Å². The van der Waals surface area contributed by atoms with Crippen molar-refractivity contribution in [1.29, 1.82) is 0 Å². The number of nitrogens with one attached hydrogen (secondary N) is 1. The number of halogens is 2. The van der Waals surface area contributed by atoms with Gasteiger partial charge in [-0.15, -0.1) is 0 Å². The Morgan fingerprint density at radius 1 is 1.00 bits per heavy atom. The molecular formula is C13H11Cl2NO. The third-order valence-electron chi connectivity index (χ3n) is 2.34. The molecule has 0 aromatic heterocycles. The van der Waals surface area contributed by atoms with Gasteiger partial charge in [0.05, 0.1) is 0 Å². The van der Waals surface area contributed by atoms with Crippen LogP contribution in [0.25, 0.3) is 0 Å².